The Bertz CT molecular complexity index is 985. The van der Waals surface area contributed by atoms with E-state index >= 15 is 0 Å². The van der Waals surface area contributed by atoms with Crippen LogP contribution in [-0.4, -0.2) is 33.6 Å². The average Bonchev–Trinajstić information content (AvgIpc) is 3.28. The molecule has 1 atom stereocenters. The van der Waals surface area contributed by atoms with Crippen LogP contribution in [0.5, 0.6) is 0 Å². The summed E-state index contributed by atoms with van der Waals surface area (Å²) in [6.07, 6.45) is 0. The number of hydrogen-bond acceptors (Lipinski definition) is 6. The molecule has 6 nitrogen and oxygen atoms in total. The molecule has 0 saturated carbocycles. The molecule has 29 heavy (non-hydrogen) atoms. The number of carbonyl (C=O) groups excluding carboxylic acids is 2. The Hall–Kier alpha value is -3.02. The summed E-state index contributed by atoms with van der Waals surface area (Å²) in [5.41, 5.74) is 0.656. The summed E-state index contributed by atoms with van der Waals surface area (Å²) in [5.74, 6) is -0.907. The van der Waals surface area contributed by atoms with Gasteiger partial charge in [0.25, 0.3) is 0 Å². The van der Waals surface area contributed by atoms with Crippen molar-refractivity contribution in [1.29, 1.82) is 0 Å². The summed E-state index contributed by atoms with van der Waals surface area (Å²) in [6, 6.07) is 20.2. The molecule has 0 aliphatic rings. The van der Waals surface area contributed by atoms with E-state index in [9.17, 15) is 9.59 Å². The van der Waals surface area contributed by atoms with E-state index in [0.717, 1.165) is 10.0 Å². The van der Waals surface area contributed by atoms with Gasteiger partial charge in [0.15, 0.2) is 0 Å². The van der Waals surface area contributed by atoms with E-state index in [0.29, 0.717) is 17.7 Å². The molecule has 3 rings (SSSR count). The van der Waals surface area contributed by atoms with Gasteiger partial charge in [0, 0.05) is 0 Å². The van der Waals surface area contributed by atoms with Crippen LogP contribution in [0, 0.1) is 0 Å². The Kier molecular flexibility index (Phi) is 6.75. The van der Waals surface area contributed by atoms with E-state index in [1.807, 2.05) is 47.4 Å². The summed E-state index contributed by atoms with van der Waals surface area (Å²) in [5, 5.41) is 8.87. The van der Waals surface area contributed by atoms with Crippen molar-refractivity contribution in [3.63, 3.8) is 0 Å². The van der Waals surface area contributed by atoms with Crippen LogP contribution in [0.15, 0.2) is 81.9 Å². The monoisotopic (exact) mass is 456 g/mol. The Labute approximate surface area is 174 Å². The maximum atomic E-state index is 12.0. The molecule has 2 aromatic carbocycles. The summed E-state index contributed by atoms with van der Waals surface area (Å²) in [7, 11) is 1.33. The summed E-state index contributed by atoms with van der Waals surface area (Å²) in [6.45, 7) is 1.71. The van der Waals surface area contributed by atoms with Crippen molar-refractivity contribution in [3.8, 4) is 0 Å². The van der Waals surface area contributed by atoms with E-state index < -0.39 is 17.7 Å². The van der Waals surface area contributed by atoms with Gasteiger partial charge in [0.2, 0.25) is 0 Å². The fourth-order valence-electron chi connectivity index (χ4n) is 2.81. The first-order chi connectivity index (χ1) is 14.0. The number of carbonyl (C=O) groups is 2. The van der Waals surface area contributed by atoms with Gasteiger partial charge in [0.1, 0.15) is 0 Å². The SMILES string of the molecule is COC(=O)c1ccc(C(N=NCc2ccccc2)(OC(C)=O)c2ccc[se]2)cc1. The van der Waals surface area contributed by atoms with Crippen molar-refractivity contribution < 1.29 is 19.1 Å². The van der Waals surface area contributed by atoms with Gasteiger partial charge in [-0.1, -0.05) is 0 Å². The van der Waals surface area contributed by atoms with E-state index in [1.165, 1.54) is 14.0 Å². The predicted molar refractivity (Wildman–Crippen MR) is 109 cm³/mol. The molecule has 148 valence electrons. The second-order valence-corrected chi connectivity index (χ2v) is 8.16. The molecule has 0 N–H and O–H groups in total. The van der Waals surface area contributed by atoms with Crippen molar-refractivity contribution in [3.05, 3.63) is 92.8 Å². The molecule has 1 unspecified atom stereocenters. The number of benzene rings is 2. The number of methoxy groups -OCH3 is 1. The molecule has 0 amide bonds. The maximum absolute atomic E-state index is 12.0. The average molecular weight is 455 g/mol. The van der Waals surface area contributed by atoms with Gasteiger partial charge in [-0.05, 0) is 0 Å². The number of nitrogens with zero attached hydrogens (tertiary/aromatic N) is 2. The second-order valence-electron chi connectivity index (χ2n) is 6.17. The Morgan fingerprint density at radius 2 is 1.72 bits per heavy atom. The van der Waals surface area contributed by atoms with Crippen LogP contribution in [0.25, 0.3) is 0 Å². The molecule has 3 aromatic rings. The number of azo groups is 1. The van der Waals surface area contributed by atoms with Crippen LogP contribution in [0.4, 0.5) is 0 Å². The normalized spacial score (nSPS) is 13.0. The zero-order valence-electron chi connectivity index (χ0n) is 16.1. The third-order valence-corrected chi connectivity index (χ3v) is 6.17. The molecule has 0 bridgehead atoms. The molecule has 0 aliphatic heterocycles. The summed E-state index contributed by atoms with van der Waals surface area (Å²) >= 11 is -0.0394. The van der Waals surface area contributed by atoms with E-state index in [-0.39, 0.29) is 14.5 Å². The van der Waals surface area contributed by atoms with Crippen LogP contribution in [0.2, 0.25) is 0 Å². The van der Waals surface area contributed by atoms with Gasteiger partial charge in [-0.25, -0.2) is 0 Å². The van der Waals surface area contributed by atoms with Gasteiger partial charge in [-0.3, -0.25) is 0 Å². The Balaban J connectivity index is 2.04. The van der Waals surface area contributed by atoms with Crippen LogP contribution in [-0.2, 0) is 26.5 Å². The van der Waals surface area contributed by atoms with Gasteiger partial charge in [0.05, 0.1) is 0 Å². The second kappa shape index (κ2) is 9.45. The van der Waals surface area contributed by atoms with E-state index in [2.05, 4.69) is 10.2 Å². The van der Waals surface area contributed by atoms with Crippen molar-refractivity contribution in [2.75, 3.05) is 7.11 Å². The van der Waals surface area contributed by atoms with Gasteiger partial charge >= 0.3 is 175 Å². The quantitative estimate of drug-likeness (QED) is 0.307. The minimum absolute atomic E-state index is 0.0394. The predicted octanol–water partition coefficient (Wildman–Crippen LogP) is 3.95. The summed E-state index contributed by atoms with van der Waals surface area (Å²) in [4.78, 5) is 25.8. The Morgan fingerprint density at radius 1 is 1.00 bits per heavy atom. The summed E-state index contributed by atoms with van der Waals surface area (Å²) < 4.78 is 11.4. The third-order valence-electron chi connectivity index (χ3n) is 4.15. The molecule has 0 radical (unpaired) electrons. The Morgan fingerprint density at radius 3 is 2.31 bits per heavy atom. The molecule has 0 spiro atoms. The topological polar surface area (TPSA) is 77.3 Å². The molecule has 0 fully saturated rings. The number of ether oxygens (including phenoxy) is 2. The molecule has 1 aromatic heterocycles. The molecular weight excluding hydrogens is 435 g/mol. The molecular formula is C22H20N2O4Se. The molecule has 0 aliphatic carbocycles. The van der Waals surface area contributed by atoms with Crippen molar-refractivity contribution in [2.24, 2.45) is 10.2 Å². The van der Waals surface area contributed by atoms with E-state index in [1.54, 1.807) is 24.3 Å². The molecule has 0 saturated heterocycles. The standard InChI is InChI=1S/C22H20N2O4Se/c1-16(25)28-22(20-9-6-14-29-20,24-23-15-17-7-4-3-5-8-17)19-12-10-18(11-13-19)21(26)27-2/h3-14H,15H2,1-2H3. The minimum atomic E-state index is -1.36. The third kappa shape index (κ3) is 4.88. The fraction of sp³-hybridized carbons (Fsp3) is 0.182. The first-order valence-corrected chi connectivity index (χ1v) is 10.7. The molecule has 1 heterocycles. The van der Waals surface area contributed by atoms with Crippen LogP contribution >= 0.6 is 0 Å². The van der Waals surface area contributed by atoms with Crippen molar-refractivity contribution in [2.45, 2.75) is 19.2 Å². The van der Waals surface area contributed by atoms with E-state index in [4.69, 9.17) is 9.47 Å². The van der Waals surface area contributed by atoms with Crippen LogP contribution < -0.4 is 0 Å². The van der Waals surface area contributed by atoms with Crippen molar-refractivity contribution >= 4 is 26.4 Å². The van der Waals surface area contributed by atoms with Gasteiger partial charge in [-0.15, -0.1) is 0 Å². The zero-order valence-corrected chi connectivity index (χ0v) is 17.8. The number of hydrogen-bond donors (Lipinski definition) is 0. The number of esters is 2. The van der Waals surface area contributed by atoms with Gasteiger partial charge < -0.3 is 0 Å². The van der Waals surface area contributed by atoms with Crippen LogP contribution in [0.1, 0.15) is 32.8 Å². The zero-order chi connectivity index (χ0) is 20.7. The van der Waals surface area contributed by atoms with Gasteiger partial charge in [-0.2, -0.15) is 0 Å². The fourth-order valence-corrected chi connectivity index (χ4v) is 4.53. The first kappa shape index (κ1) is 20.7. The number of rotatable bonds is 7. The molecule has 7 heteroatoms. The first-order valence-electron chi connectivity index (χ1n) is 8.90. The van der Waals surface area contributed by atoms with Crippen molar-refractivity contribution in [1.82, 2.24) is 0 Å². The van der Waals surface area contributed by atoms with Crippen LogP contribution in [0.3, 0.4) is 0 Å².